The molecule has 1 aromatic heterocycles. The van der Waals surface area contributed by atoms with E-state index in [0.717, 1.165) is 11.1 Å². The third-order valence-electron chi connectivity index (χ3n) is 4.06. The first kappa shape index (κ1) is 19.2. The number of amides is 1. The monoisotopic (exact) mass is 378 g/mol. The molecular formula is C20H22N6O2. The zero-order valence-electron chi connectivity index (χ0n) is 15.5. The molecule has 1 amide bonds. The Hall–Kier alpha value is -3.52. The molecule has 144 valence electrons. The lowest BCUT2D eigenvalue weighted by Crippen LogP contribution is -2.34. The fourth-order valence-electron chi connectivity index (χ4n) is 2.62. The number of nitrogens with zero attached hydrogens (tertiary/aromatic N) is 3. The molecule has 3 aromatic rings. The molecule has 0 aliphatic carbocycles. The van der Waals surface area contributed by atoms with Crippen molar-refractivity contribution in [2.75, 3.05) is 6.61 Å². The highest BCUT2D eigenvalue weighted by atomic mass is 16.5. The molecule has 0 bridgehead atoms. The molecule has 8 heteroatoms. The van der Waals surface area contributed by atoms with E-state index in [2.05, 4.69) is 15.4 Å². The van der Waals surface area contributed by atoms with E-state index < -0.39 is 6.23 Å². The van der Waals surface area contributed by atoms with Gasteiger partial charge in [-0.25, -0.2) is 9.67 Å². The first-order valence-corrected chi connectivity index (χ1v) is 8.87. The van der Waals surface area contributed by atoms with Gasteiger partial charge in [-0.05, 0) is 12.5 Å². The van der Waals surface area contributed by atoms with E-state index in [-0.39, 0.29) is 11.7 Å². The number of hydrogen-bond donors (Lipinski definition) is 3. The Morgan fingerprint density at radius 3 is 2.57 bits per heavy atom. The fourth-order valence-corrected chi connectivity index (χ4v) is 2.62. The van der Waals surface area contributed by atoms with Crippen LogP contribution >= 0.6 is 0 Å². The maximum absolute atomic E-state index is 12.6. The number of nitrogens with one attached hydrogen (secondary N) is 2. The topological polar surface area (TPSA) is 119 Å². The van der Waals surface area contributed by atoms with Gasteiger partial charge in [0.15, 0.2) is 5.82 Å². The summed E-state index contributed by atoms with van der Waals surface area (Å²) in [5.41, 5.74) is 7.84. The van der Waals surface area contributed by atoms with Crippen molar-refractivity contribution < 1.29 is 9.53 Å². The van der Waals surface area contributed by atoms with Crippen LogP contribution in [0.3, 0.4) is 0 Å². The van der Waals surface area contributed by atoms with Crippen molar-refractivity contribution in [1.29, 1.82) is 5.41 Å². The van der Waals surface area contributed by atoms with Crippen LogP contribution in [0.5, 0.6) is 0 Å². The Morgan fingerprint density at radius 1 is 1.21 bits per heavy atom. The first-order valence-electron chi connectivity index (χ1n) is 8.87. The summed E-state index contributed by atoms with van der Waals surface area (Å²) < 4.78 is 7.00. The van der Waals surface area contributed by atoms with Gasteiger partial charge in [0.25, 0.3) is 5.91 Å². The van der Waals surface area contributed by atoms with Crippen LogP contribution in [0.15, 0.2) is 60.9 Å². The van der Waals surface area contributed by atoms with Gasteiger partial charge in [-0.2, -0.15) is 0 Å². The van der Waals surface area contributed by atoms with E-state index in [4.69, 9.17) is 15.9 Å². The van der Waals surface area contributed by atoms with Crippen LogP contribution < -0.4 is 11.1 Å². The Kier molecular flexibility index (Phi) is 6.13. The molecule has 0 aliphatic rings. The van der Waals surface area contributed by atoms with E-state index in [9.17, 15) is 4.79 Å². The molecule has 0 saturated heterocycles. The van der Waals surface area contributed by atoms with Crippen molar-refractivity contribution >= 4 is 11.7 Å². The van der Waals surface area contributed by atoms with Gasteiger partial charge in [0.05, 0.1) is 0 Å². The number of carbonyl (C=O) groups excluding carboxylic acids is 1. The second-order valence-corrected chi connectivity index (χ2v) is 6.05. The molecule has 0 fully saturated rings. The summed E-state index contributed by atoms with van der Waals surface area (Å²) in [6.45, 7) is 2.49. The van der Waals surface area contributed by atoms with E-state index in [0.29, 0.717) is 24.5 Å². The van der Waals surface area contributed by atoms with E-state index in [1.165, 1.54) is 11.0 Å². The quantitative estimate of drug-likeness (QED) is 0.410. The summed E-state index contributed by atoms with van der Waals surface area (Å²) in [5.74, 6) is 0.215. The molecule has 8 nitrogen and oxygen atoms in total. The second kappa shape index (κ2) is 8.92. The van der Waals surface area contributed by atoms with Crippen molar-refractivity contribution in [1.82, 2.24) is 20.1 Å². The molecule has 3 rings (SSSR count). The number of aromatic nitrogens is 3. The smallest absolute Gasteiger partial charge is 0.272 e. The number of nitrogen functional groups attached to an aromatic ring is 1. The first-order chi connectivity index (χ1) is 13.6. The van der Waals surface area contributed by atoms with Crippen LogP contribution in [0.1, 0.15) is 24.3 Å². The number of ether oxygens (including phenoxy) is 1. The van der Waals surface area contributed by atoms with Crippen molar-refractivity contribution in [2.24, 2.45) is 5.73 Å². The molecule has 1 heterocycles. The van der Waals surface area contributed by atoms with Gasteiger partial charge in [0.1, 0.15) is 12.2 Å². The second-order valence-electron chi connectivity index (χ2n) is 6.05. The molecule has 0 saturated carbocycles. The molecule has 1 atom stereocenters. The van der Waals surface area contributed by atoms with Crippen LogP contribution in [0.2, 0.25) is 0 Å². The van der Waals surface area contributed by atoms with Gasteiger partial charge in [0.2, 0.25) is 6.23 Å². The van der Waals surface area contributed by atoms with E-state index in [1.54, 1.807) is 12.1 Å². The lowest BCUT2D eigenvalue weighted by molar-refractivity contribution is -0.139. The van der Waals surface area contributed by atoms with Crippen LogP contribution in [-0.4, -0.2) is 33.1 Å². The average molecular weight is 378 g/mol. The van der Waals surface area contributed by atoms with Crippen LogP contribution in [-0.2, 0) is 16.1 Å². The van der Waals surface area contributed by atoms with Crippen molar-refractivity contribution in [3.05, 3.63) is 72.1 Å². The zero-order valence-corrected chi connectivity index (χ0v) is 15.5. The Morgan fingerprint density at radius 2 is 1.93 bits per heavy atom. The van der Waals surface area contributed by atoms with E-state index in [1.807, 2.05) is 49.4 Å². The summed E-state index contributed by atoms with van der Waals surface area (Å²) in [6, 6.07) is 16.6. The Bertz CT molecular complexity index is 937. The fraction of sp³-hybridized carbons (Fsp3) is 0.200. The molecule has 2 aromatic carbocycles. The normalized spacial score (nSPS) is 11.8. The molecule has 1 unspecified atom stereocenters. The summed E-state index contributed by atoms with van der Waals surface area (Å²) in [7, 11) is 0. The number of nitrogens with two attached hydrogens (primary N) is 1. The molecule has 4 N–H and O–H groups in total. The van der Waals surface area contributed by atoms with Crippen molar-refractivity contribution in [2.45, 2.75) is 19.7 Å². The van der Waals surface area contributed by atoms with Gasteiger partial charge >= 0.3 is 0 Å². The number of amidine groups is 1. The number of carbonyl (C=O) groups is 1. The Labute approximate surface area is 162 Å². The maximum Gasteiger partial charge on any atom is 0.272 e. The van der Waals surface area contributed by atoms with Gasteiger partial charge in [-0.1, -0.05) is 54.6 Å². The van der Waals surface area contributed by atoms with Crippen molar-refractivity contribution in [3.63, 3.8) is 0 Å². The van der Waals surface area contributed by atoms with Gasteiger partial charge < -0.3 is 15.8 Å². The number of rotatable bonds is 8. The third kappa shape index (κ3) is 4.60. The number of benzene rings is 2. The van der Waals surface area contributed by atoms with Gasteiger partial charge in [0, 0.05) is 24.3 Å². The zero-order chi connectivity index (χ0) is 19.9. The minimum atomic E-state index is -0.911. The Balaban J connectivity index is 1.68. The molecule has 0 spiro atoms. The predicted molar refractivity (Wildman–Crippen MR) is 105 cm³/mol. The summed E-state index contributed by atoms with van der Waals surface area (Å²) in [4.78, 5) is 16.9. The summed E-state index contributed by atoms with van der Waals surface area (Å²) in [6.07, 6.45) is 0.579. The van der Waals surface area contributed by atoms with Gasteiger partial charge in [-0.15, -0.1) is 5.10 Å². The van der Waals surface area contributed by atoms with Gasteiger partial charge in [-0.3, -0.25) is 10.2 Å². The average Bonchev–Trinajstić information content (AvgIpc) is 3.21. The highest BCUT2D eigenvalue weighted by Crippen LogP contribution is 2.16. The molecule has 28 heavy (non-hydrogen) atoms. The summed E-state index contributed by atoms with van der Waals surface area (Å²) >= 11 is 0. The van der Waals surface area contributed by atoms with Crippen LogP contribution in [0.4, 0.5) is 0 Å². The lowest BCUT2D eigenvalue weighted by Gasteiger charge is -2.16. The van der Waals surface area contributed by atoms with Crippen LogP contribution in [0.25, 0.3) is 11.4 Å². The minimum Gasteiger partial charge on any atom is -0.384 e. The maximum atomic E-state index is 12.6. The minimum absolute atomic E-state index is 0.00685. The third-order valence-corrected chi connectivity index (χ3v) is 4.06. The SMILES string of the molecule is CCOC(C(=O)NCc1ccc(C(=N)N)cc1)n1cnc(-c2ccccc2)n1. The lowest BCUT2D eigenvalue weighted by atomic mass is 10.1. The highest BCUT2D eigenvalue weighted by Gasteiger charge is 2.22. The molecule has 0 radical (unpaired) electrons. The number of hydrogen-bond acceptors (Lipinski definition) is 5. The standard InChI is InChI=1S/C20H22N6O2/c1-2-28-20(26-13-24-18(25-26)16-6-4-3-5-7-16)19(27)23-12-14-8-10-15(11-9-14)17(21)22/h3-11,13,20H,2,12H2,1H3,(H3,21,22)(H,23,27). The molecular weight excluding hydrogens is 356 g/mol. The largest absolute Gasteiger partial charge is 0.384 e. The molecule has 0 aliphatic heterocycles. The highest BCUT2D eigenvalue weighted by molar-refractivity contribution is 5.94. The van der Waals surface area contributed by atoms with E-state index >= 15 is 0 Å². The summed E-state index contributed by atoms with van der Waals surface area (Å²) in [5, 5.41) is 14.6. The predicted octanol–water partition coefficient (Wildman–Crippen LogP) is 2.08. The van der Waals surface area contributed by atoms with Crippen molar-refractivity contribution in [3.8, 4) is 11.4 Å². The van der Waals surface area contributed by atoms with Crippen LogP contribution in [0, 0.1) is 5.41 Å².